The van der Waals surface area contributed by atoms with Gasteiger partial charge in [0.05, 0.1) is 11.6 Å². The SMILES string of the molecule is CC(=O)C(N)c1cccc(-c2ccc(C(=O)O)cc2)c1. The van der Waals surface area contributed by atoms with Gasteiger partial charge < -0.3 is 10.8 Å². The number of aromatic carboxylic acids is 1. The van der Waals surface area contributed by atoms with Crippen LogP contribution in [-0.2, 0) is 4.79 Å². The Balaban J connectivity index is 2.35. The van der Waals surface area contributed by atoms with Crippen molar-refractivity contribution in [2.45, 2.75) is 13.0 Å². The molecule has 2 aromatic carbocycles. The van der Waals surface area contributed by atoms with Crippen LogP contribution in [0.2, 0.25) is 0 Å². The third-order valence-corrected chi connectivity index (χ3v) is 3.15. The summed E-state index contributed by atoms with van der Waals surface area (Å²) < 4.78 is 0. The van der Waals surface area contributed by atoms with E-state index in [1.165, 1.54) is 6.92 Å². The van der Waals surface area contributed by atoms with E-state index in [4.69, 9.17) is 10.8 Å². The molecule has 0 fully saturated rings. The lowest BCUT2D eigenvalue weighted by molar-refractivity contribution is -0.118. The number of carbonyl (C=O) groups is 2. The van der Waals surface area contributed by atoms with Crippen LogP contribution in [0.5, 0.6) is 0 Å². The Morgan fingerprint density at radius 3 is 2.25 bits per heavy atom. The van der Waals surface area contributed by atoms with E-state index in [0.29, 0.717) is 0 Å². The third-order valence-electron chi connectivity index (χ3n) is 3.15. The first-order valence-corrected chi connectivity index (χ1v) is 6.19. The molecule has 0 aliphatic rings. The molecule has 4 nitrogen and oxygen atoms in total. The van der Waals surface area contributed by atoms with Crippen LogP contribution < -0.4 is 5.73 Å². The molecule has 0 heterocycles. The number of Topliss-reactive ketones (excluding diaryl/α,β-unsaturated/α-hetero) is 1. The van der Waals surface area contributed by atoms with Gasteiger partial charge in [-0.3, -0.25) is 4.79 Å². The fraction of sp³-hybridized carbons (Fsp3) is 0.125. The van der Waals surface area contributed by atoms with Crippen molar-refractivity contribution in [3.63, 3.8) is 0 Å². The molecule has 1 atom stereocenters. The molecule has 0 spiro atoms. The van der Waals surface area contributed by atoms with E-state index < -0.39 is 12.0 Å². The summed E-state index contributed by atoms with van der Waals surface area (Å²) in [5.41, 5.74) is 8.59. The molecule has 1 unspecified atom stereocenters. The lowest BCUT2D eigenvalue weighted by Gasteiger charge is -2.10. The quantitative estimate of drug-likeness (QED) is 0.894. The highest BCUT2D eigenvalue weighted by Crippen LogP contribution is 2.23. The molecule has 0 bridgehead atoms. The third kappa shape index (κ3) is 2.92. The molecule has 0 radical (unpaired) electrons. The summed E-state index contributed by atoms with van der Waals surface area (Å²) >= 11 is 0. The second-order valence-electron chi connectivity index (χ2n) is 4.60. The molecule has 20 heavy (non-hydrogen) atoms. The molecule has 102 valence electrons. The van der Waals surface area contributed by atoms with Gasteiger partial charge in [-0.2, -0.15) is 0 Å². The average molecular weight is 269 g/mol. The second kappa shape index (κ2) is 5.67. The fourth-order valence-corrected chi connectivity index (χ4v) is 1.95. The summed E-state index contributed by atoms with van der Waals surface area (Å²) in [5, 5.41) is 8.87. The molecular formula is C16H15NO3. The van der Waals surface area contributed by atoms with Gasteiger partial charge in [0.15, 0.2) is 5.78 Å². The lowest BCUT2D eigenvalue weighted by atomic mass is 9.98. The number of benzene rings is 2. The Kier molecular flexibility index (Phi) is 3.96. The molecule has 0 amide bonds. The van der Waals surface area contributed by atoms with Crippen molar-refractivity contribution in [3.8, 4) is 11.1 Å². The molecule has 4 heteroatoms. The first-order chi connectivity index (χ1) is 9.49. The number of hydrogen-bond acceptors (Lipinski definition) is 3. The molecule has 2 rings (SSSR count). The minimum atomic E-state index is -0.955. The standard InChI is InChI=1S/C16H15NO3/c1-10(18)15(17)14-4-2-3-13(9-14)11-5-7-12(8-6-11)16(19)20/h2-9,15H,17H2,1H3,(H,19,20). The van der Waals surface area contributed by atoms with Gasteiger partial charge in [0.1, 0.15) is 0 Å². The van der Waals surface area contributed by atoms with Gasteiger partial charge in [-0.05, 0) is 41.8 Å². The van der Waals surface area contributed by atoms with Crippen molar-refractivity contribution in [2.75, 3.05) is 0 Å². The molecular weight excluding hydrogens is 254 g/mol. The maximum atomic E-state index is 11.3. The zero-order chi connectivity index (χ0) is 14.7. The summed E-state index contributed by atoms with van der Waals surface area (Å²) in [6, 6.07) is 13.3. The van der Waals surface area contributed by atoms with Crippen molar-refractivity contribution >= 4 is 11.8 Å². The first-order valence-electron chi connectivity index (χ1n) is 6.19. The smallest absolute Gasteiger partial charge is 0.335 e. The highest BCUT2D eigenvalue weighted by atomic mass is 16.4. The minimum Gasteiger partial charge on any atom is -0.478 e. The van der Waals surface area contributed by atoms with Crippen LogP contribution in [0.15, 0.2) is 48.5 Å². The zero-order valence-corrected chi connectivity index (χ0v) is 11.0. The van der Waals surface area contributed by atoms with Crippen molar-refractivity contribution in [3.05, 3.63) is 59.7 Å². The van der Waals surface area contributed by atoms with Gasteiger partial charge >= 0.3 is 5.97 Å². The number of carbonyl (C=O) groups excluding carboxylic acids is 1. The predicted molar refractivity (Wildman–Crippen MR) is 76.4 cm³/mol. The lowest BCUT2D eigenvalue weighted by Crippen LogP contribution is -2.18. The normalized spacial score (nSPS) is 11.9. The Morgan fingerprint density at radius 2 is 1.70 bits per heavy atom. The second-order valence-corrected chi connectivity index (χ2v) is 4.60. The van der Waals surface area contributed by atoms with E-state index >= 15 is 0 Å². The number of rotatable bonds is 4. The molecule has 0 aromatic heterocycles. The molecule has 0 aliphatic carbocycles. The van der Waals surface area contributed by atoms with Crippen LogP contribution in [0, 0.1) is 0 Å². The van der Waals surface area contributed by atoms with E-state index in [0.717, 1.165) is 16.7 Å². The van der Waals surface area contributed by atoms with E-state index in [9.17, 15) is 9.59 Å². The molecule has 0 saturated heterocycles. The van der Waals surface area contributed by atoms with Gasteiger partial charge in [0.2, 0.25) is 0 Å². The van der Waals surface area contributed by atoms with E-state index in [2.05, 4.69) is 0 Å². The Labute approximate surface area is 116 Å². The van der Waals surface area contributed by atoms with Crippen molar-refractivity contribution in [1.29, 1.82) is 0 Å². The summed E-state index contributed by atoms with van der Waals surface area (Å²) in [6.45, 7) is 1.46. The predicted octanol–water partition coefficient (Wildman–Crippen LogP) is 2.64. The largest absolute Gasteiger partial charge is 0.478 e. The van der Waals surface area contributed by atoms with Crippen molar-refractivity contribution in [2.24, 2.45) is 5.73 Å². The highest BCUT2D eigenvalue weighted by Gasteiger charge is 2.11. The average Bonchev–Trinajstić information content (AvgIpc) is 2.46. The maximum absolute atomic E-state index is 11.3. The van der Waals surface area contributed by atoms with Crippen LogP contribution in [-0.4, -0.2) is 16.9 Å². The van der Waals surface area contributed by atoms with Gasteiger partial charge in [-0.25, -0.2) is 4.79 Å². The summed E-state index contributed by atoms with van der Waals surface area (Å²) in [4.78, 5) is 22.1. The van der Waals surface area contributed by atoms with E-state index in [1.807, 2.05) is 18.2 Å². The van der Waals surface area contributed by atoms with Crippen LogP contribution in [0.3, 0.4) is 0 Å². The van der Waals surface area contributed by atoms with Gasteiger partial charge in [-0.1, -0.05) is 30.3 Å². The summed E-state index contributed by atoms with van der Waals surface area (Å²) in [7, 11) is 0. The maximum Gasteiger partial charge on any atom is 0.335 e. The summed E-state index contributed by atoms with van der Waals surface area (Å²) in [5.74, 6) is -1.05. The molecule has 3 N–H and O–H groups in total. The first kappa shape index (κ1) is 14.0. The summed E-state index contributed by atoms with van der Waals surface area (Å²) in [6.07, 6.45) is 0. The molecule has 2 aromatic rings. The van der Waals surface area contributed by atoms with Gasteiger partial charge in [-0.15, -0.1) is 0 Å². The number of nitrogens with two attached hydrogens (primary N) is 1. The van der Waals surface area contributed by atoms with E-state index in [1.54, 1.807) is 30.3 Å². The van der Waals surface area contributed by atoms with Gasteiger partial charge in [0.25, 0.3) is 0 Å². The van der Waals surface area contributed by atoms with Crippen LogP contribution in [0.4, 0.5) is 0 Å². The Morgan fingerprint density at radius 1 is 1.05 bits per heavy atom. The number of carboxylic acids is 1. The van der Waals surface area contributed by atoms with Gasteiger partial charge in [0, 0.05) is 0 Å². The van der Waals surface area contributed by atoms with Crippen molar-refractivity contribution < 1.29 is 14.7 Å². The van der Waals surface area contributed by atoms with Crippen LogP contribution >= 0.6 is 0 Å². The fourth-order valence-electron chi connectivity index (χ4n) is 1.95. The Bertz CT molecular complexity index is 647. The zero-order valence-electron chi connectivity index (χ0n) is 11.0. The molecule has 0 aliphatic heterocycles. The van der Waals surface area contributed by atoms with Crippen LogP contribution in [0.1, 0.15) is 28.9 Å². The number of carboxylic acid groups (broad SMARTS) is 1. The Hall–Kier alpha value is -2.46. The number of ketones is 1. The highest BCUT2D eigenvalue weighted by molar-refractivity contribution is 5.88. The number of hydrogen-bond donors (Lipinski definition) is 2. The molecule has 0 saturated carbocycles. The topological polar surface area (TPSA) is 80.4 Å². The van der Waals surface area contributed by atoms with Crippen molar-refractivity contribution in [1.82, 2.24) is 0 Å². The van der Waals surface area contributed by atoms with E-state index in [-0.39, 0.29) is 11.3 Å². The monoisotopic (exact) mass is 269 g/mol. The minimum absolute atomic E-state index is 0.0941. The van der Waals surface area contributed by atoms with Crippen LogP contribution in [0.25, 0.3) is 11.1 Å².